The largest absolute Gasteiger partial charge is 0.399 e. The number of thioether (sulfide) groups is 1. The van der Waals surface area contributed by atoms with Crippen molar-refractivity contribution in [2.75, 3.05) is 5.73 Å². The van der Waals surface area contributed by atoms with Gasteiger partial charge in [0, 0.05) is 22.9 Å². The van der Waals surface area contributed by atoms with E-state index in [2.05, 4.69) is 9.97 Å². The lowest BCUT2D eigenvalue weighted by Gasteiger charge is -2.17. The van der Waals surface area contributed by atoms with Crippen LogP contribution in [-0.2, 0) is 11.2 Å². The van der Waals surface area contributed by atoms with E-state index >= 15 is 0 Å². The number of rotatable bonds is 3. The molecule has 3 N–H and O–H groups in total. The minimum atomic E-state index is -0.134. The van der Waals surface area contributed by atoms with Crippen LogP contribution in [0.2, 0.25) is 0 Å². The van der Waals surface area contributed by atoms with Gasteiger partial charge in [-0.1, -0.05) is 44.7 Å². The van der Waals surface area contributed by atoms with Crippen molar-refractivity contribution in [3.8, 4) is 0 Å². The van der Waals surface area contributed by atoms with Crippen molar-refractivity contribution in [3.63, 3.8) is 0 Å². The summed E-state index contributed by atoms with van der Waals surface area (Å²) in [7, 11) is 0. The molecule has 0 unspecified atom stereocenters. The van der Waals surface area contributed by atoms with Crippen LogP contribution in [0.4, 0.5) is 5.69 Å². The van der Waals surface area contributed by atoms with Crippen molar-refractivity contribution >= 4 is 17.4 Å². The molecule has 0 spiro atoms. The van der Waals surface area contributed by atoms with Crippen LogP contribution in [0.3, 0.4) is 0 Å². The molecule has 106 valence electrons. The SMILES string of the molecule is CC(C)(C)c1cc(=O)[nH]c(SCc2ccc(N)cc2)n1. The zero-order valence-corrected chi connectivity index (χ0v) is 12.8. The fraction of sp³-hybridized carbons (Fsp3) is 0.333. The summed E-state index contributed by atoms with van der Waals surface area (Å²) in [5, 5.41) is 0.652. The van der Waals surface area contributed by atoms with Crippen LogP contribution in [0.1, 0.15) is 32.0 Å². The number of aromatic nitrogens is 2. The lowest BCUT2D eigenvalue weighted by Crippen LogP contribution is -2.19. The van der Waals surface area contributed by atoms with Crippen molar-refractivity contribution in [1.82, 2.24) is 9.97 Å². The summed E-state index contributed by atoms with van der Waals surface area (Å²) in [6, 6.07) is 9.27. The molecule has 0 bridgehead atoms. The van der Waals surface area contributed by atoms with E-state index in [4.69, 9.17) is 5.73 Å². The van der Waals surface area contributed by atoms with Crippen LogP contribution in [0.5, 0.6) is 0 Å². The molecular weight excluding hydrogens is 270 g/mol. The Hall–Kier alpha value is -1.75. The van der Waals surface area contributed by atoms with Gasteiger partial charge in [-0.25, -0.2) is 4.98 Å². The molecule has 1 heterocycles. The van der Waals surface area contributed by atoms with Crippen molar-refractivity contribution in [2.24, 2.45) is 0 Å². The Labute approximate surface area is 122 Å². The van der Waals surface area contributed by atoms with Crippen molar-refractivity contribution < 1.29 is 0 Å². The average molecular weight is 289 g/mol. The molecule has 0 aliphatic rings. The van der Waals surface area contributed by atoms with Gasteiger partial charge >= 0.3 is 0 Å². The molecule has 1 aromatic carbocycles. The van der Waals surface area contributed by atoms with Crippen LogP contribution >= 0.6 is 11.8 Å². The van der Waals surface area contributed by atoms with Gasteiger partial charge in [0.1, 0.15) is 0 Å². The Morgan fingerprint density at radius 3 is 2.50 bits per heavy atom. The molecule has 2 aromatic rings. The highest BCUT2D eigenvalue weighted by molar-refractivity contribution is 7.98. The number of nitrogens with one attached hydrogen (secondary N) is 1. The topological polar surface area (TPSA) is 71.8 Å². The monoisotopic (exact) mass is 289 g/mol. The van der Waals surface area contributed by atoms with E-state index in [-0.39, 0.29) is 11.0 Å². The standard InChI is InChI=1S/C15H19N3OS/c1-15(2,3)12-8-13(19)18-14(17-12)20-9-10-4-6-11(16)7-5-10/h4-8H,9,16H2,1-3H3,(H,17,18,19). The Morgan fingerprint density at radius 1 is 1.25 bits per heavy atom. The smallest absolute Gasteiger partial charge is 0.251 e. The molecule has 0 saturated carbocycles. The second-order valence-electron chi connectivity index (χ2n) is 5.72. The average Bonchev–Trinajstić information content (AvgIpc) is 2.36. The molecule has 2 rings (SSSR count). The van der Waals surface area contributed by atoms with Gasteiger partial charge in [-0.3, -0.25) is 4.79 Å². The van der Waals surface area contributed by atoms with Crippen LogP contribution in [-0.4, -0.2) is 9.97 Å². The van der Waals surface area contributed by atoms with E-state index < -0.39 is 0 Å². The molecule has 0 fully saturated rings. The zero-order valence-electron chi connectivity index (χ0n) is 11.9. The molecule has 0 aliphatic carbocycles. The molecule has 0 atom stereocenters. The predicted molar refractivity (Wildman–Crippen MR) is 84.0 cm³/mol. The summed E-state index contributed by atoms with van der Waals surface area (Å²) >= 11 is 1.52. The van der Waals surface area contributed by atoms with Crippen molar-refractivity contribution in [3.05, 3.63) is 51.9 Å². The first-order valence-electron chi connectivity index (χ1n) is 6.44. The highest BCUT2D eigenvalue weighted by Crippen LogP contribution is 2.23. The Morgan fingerprint density at radius 2 is 1.90 bits per heavy atom. The molecule has 1 aromatic heterocycles. The van der Waals surface area contributed by atoms with Crippen molar-refractivity contribution in [2.45, 2.75) is 37.1 Å². The Kier molecular flexibility index (Phi) is 4.18. The summed E-state index contributed by atoms with van der Waals surface area (Å²) in [6.07, 6.45) is 0. The number of hydrogen-bond donors (Lipinski definition) is 2. The highest BCUT2D eigenvalue weighted by atomic mass is 32.2. The van der Waals surface area contributed by atoms with Gasteiger partial charge < -0.3 is 10.7 Å². The molecule has 0 amide bonds. The first-order chi connectivity index (χ1) is 9.34. The number of nitrogen functional groups attached to an aromatic ring is 1. The minimum absolute atomic E-state index is 0.107. The molecule has 0 radical (unpaired) electrons. The lowest BCUT2D eigenvalue weighted by atomic mass is 9.92. The summed E-state index contributed by atoms with van der Waals surface area (Å²) in [6.45, 7) is 6.13. The Bertz CT molecular complexity index is 641. The van der Waals surface area contributed by atoms with E-state index in [1.165, 1.54) is 11.8 Å². The number of anilines is 1. The zero-order chi connectivity index (χ0) is 14.8. The molecule has 20 heavy (non-hydrogen) atoms. The van der Waals surface area contributed by atoms with Crippen LogP contribution in [0, 0.1) is 0 Å². The van der Waals surface area contributed by atoms with Gasteiger partial charge in [0.15, 0.2) is 5.16 Å². The highest BCUT2D eigenvalue weighted by Gasteiger charge is 2.17. The first-order valence-corrected chi connectivity index (χ1v) is 7.42. The maximum atomic E-state index is 11.7. The number of benzene rings is 1. The van der Waals surface area contributed by atoms with Crippen molar-refractivity contribution in [1.29, 1.82) is 0 Å². The van der Waals surface area contributed by atoms with Gasteiger partial charge in [0.05, 0.1) is 5.69 Å². The molecule has 5 heteroatoms. The van der Waals surface area contributed by atoms with Gasteiger partial charge in [-0.15, -0.1) is 0 Å². The van der Waals surface area contributed by atoms with E-state index in [0.29, 0.717) is 5.16 Å². The fourth-order valence-electron chi connectivity index (χ4n) is 1.65. The third kappa shape index (κ3) is 3.87. The third-order valence-corrected chi connectivity index (χ3v) is 3.79. The number of nitrogens with two attached hydrogens (primary N) is 1. The molecular formula is C15H19N3OS. The number of nitrogens with zero attached hydrogens (tertiary/aromatic N) is 1. The third-order valence-electron chi connectivity index (χ3n) is 2.84. The Balaban J connectivity index is 2.15. The normalized spacial score (nSPS) is 11.6. The minimum Gasteiger partial charge on any atom is -0.399 e. The lowest BCUT2D eigenvalue weighted by molar-refractivity contribution is 0.556. The maximum Gasteiger partial charge on any atom is 0.251 e. The second kappa shape index (κ2) is 5.71. The summed E-state index contributed by atoms with van der Waals surface area (Å²) in [5.74, 6) is 0.747. The maximum absolute atomic E-state index is 11.7. The summed E-state index contributed by atoms with van der Waals surface area (Å²) in [5.41, 5.74) is 8.12. The van der Waals surface area contributed by atoms with Gasteiger partial charge in [-0.05, 0) is 17.7 Å². The first kappa shape index (κ1) is 14.7. The van der Waals surface area contributed by atoms with E-state index in [0.717, 1.165) is 22.7 Å². The molecule has 4 nitrogen and oxygen atoms in total. The summed E-state index contributed by atoms with van der Waals surface area (Å²) in [4.78, 5) is 19.0. The number of H-pyrrole nitrogens is 1. The molecule has 0 aliphatic heterocycles. The van der Waals surface area contributed by atoms with Gasteiger partial charge in [-0.2, -0.15) is 0 Å². The number of hydrogen-bond acceptors (Lipinski definition) is 4. The molecule has 0 saturated heterocycles. The fourth-order valence-corrected chi connectivity index (χ4v) is 2.48. The van der Waals surface area contributed by atoms with E-state index in [1.54, 1.807) is 6.07 Å². The summed E-state index contributed by atoms with van der Waals surface area (Å²) < 4.78 is 0. The van der Waals surface area contributed by atoms with E-state index in [9.17, 15) is 4.79 Å². The number of aromatic amines is 1. The van der Waals surface area contributed by atoms with Gasteiger partial charge in [0.25, 0.3) is 5.56 Å². The quantitative estimate of drug-likeness (QED) is 0.518. The van der Waals surface area contributed by atoms with Gasteiger partial charge in [0.2, 0.25) is 0 Å². The van der Waals surface area contributed by atoms with Crippen LogP contribution in [0.25, 0.3) is 0 Å². The second-order valence-corrected chi connectivity index (χ2v) is 6.68. The van der Waals surface area contributed by atoms with Crippen LogP contribution < -0.4 is 11.3 Å². The van der Waals surface area contributed by atoms with Crippen LogP contribution in [0.15, 0.2) is 40.3 Å². The van der Waals surface area contributed by atoms with E-state index in [1.807, 2.05) is 45.0 Å². The predicted octanol–water partition coefficient (Wildman–Crippen LogP) is 2.94.